The van der Waals surface area contributed by atoms with Crippen LogP contribution in [0, 0.1) is 17.8 Å². The van der Waals surface area contributed by atoms with Crippen molar-refractivity contribution in [2.24, 2.45) is 17.8 Å². The predicted octanol–water partition coefficient (Wildman–Crippen LogP) is 7.66. The van der Waals surface area contributed by atoms with Gasteiger partial charge in [0.2, 0.25) is 0 Å². The number of hydrogen-bond acceptors (Lipinski definition) is 7. The number of nitrogens with one attached hydrogen (secondary N) is 1. The predicted molar refractivity (Wildman–Crippen MR) is 219 cm³/mol. The lowest BCUT2D eigenvalue weighted by molar-refractivity contribution is -0.101. The maximum atomic E-state index is 11.2. The molecule has 284 valence electrons. The van der Waals surface area contributed by atoms with E-state index in [0.717, 1.165) is 82.1 Å². The van der Waals surface area contributed by atoms with Crippen molar-refractivity contribution in [3.8, 4) is 5.75 Å². The van der Waals surface area contributed by atoms with Crippen molar-refractivity contribution in [1.82, 2.24) is 19.4 Å². The maximum absolute atomic E-state index is 11.2. The standard InChI is InChI=1S/C42H65ClN4O3S/c1-9-11-35-26-38(43)16-19-40(35)37(30-50-39-17-13-34(29-48)14-18-39)28-46(6)27-36-15-20-41(36)42(49-7,31-47-24-22-45(5)23-25-47)21-10-12-32(2)33(3)51(8)44-4/h10,13-14,16-19,21,26,29,32-33,36-37,41,44H,8-9,11-12,15,20,22-25,27-28,30-31H2,1-7H3/b21-10+. The number of aldehydes is 1. The van der Waals surface area contributed by atoms with Crippen LogP contribution in [0.1, 0.15) is 73.9 Å². The van der Waals surface area contributed by atoms with Crippen LogP contribution in [0.2, 0.25) is 5.02 Å². The molecule has 51 heavy (non-hydrogen) atoms. The lowest BCUT2D eigenvalue weighted by Crippen LogP contribution is -2.58. The average molecular weight is 742 g/mol. The molecule has 1 N–H and O–H groups in total. The summed E-state index contributed by atoms with van der Waals surface area (Å²) in [6.07, 6.45) is 11.2. The third kappa shape index (κ3) is 11.7. The molecule has 7 nitrogen and oxygen atoms in total. The van der Waals surface area contributed by atoms with Gasteiger partial charge in [-0.05, 0) is 112 Å². The second-order valence-electron chi connectivity index (χ2n) is 15.1. The van der Waals surface area contributed by atoms with Crippen molar-refractivity contribution in [2.75, 3.05) is 80.7 Å². The molecule has 7 atom stereocenters. The normalized spacial score (nSPS) is 22.3. The minimum Gasteiger partial charge on any atom is -0.493 e. The van der Waals surface area contributed by atoms with Crippen molar-refractivity contribution in [2.45, 2.75) is 69.6 Å². The number of carbonyl (C=O) groups is 1. The summed E-state index contributed by atoms with van der Waals surface area (Å²) in [6.45, 7) is 14.6. The van der Waals surface area contributed by atoms with Crippen molar-refractivity contribution >= 4 is 34.4 Å². The molecule has 1 saturated heterocycles. The summed E-state index contributed by atoms with van der Waals surface area (Å²) in [5.74, 6) is 6.80. The number of nitrogens with zero attached hydrogens (tertiary/aromatic N) is 3. The molecule has 2 fully saturated rings. The Morgan fingerprint density at radius 3 is 2.47 bits per heavy atom. The molecule has 0 bridgehead atoms. The van der Waals surface area contributed by atoms with Crippen molar-refractivity contribution in [3.63, 3.8) is 0 Å². The number of rotatable bonds is 21. The Kier molecular flexibility index (Phi) is 16.7. The largest absolute Gasteiger partial charge is 0.493 e. The summed E-state index contributed by atoms with van der Waals surface area (Å²) >= 11 is 6.50. The van der Waals surface area contributed by atoms with Crippen LogP contribution < -0.4 is 9.46 Å². The van der Waals surface area contributed by atoms with E-state index in [1.165, 1.54) is 24.0 Å². The number of carbonyl (C=O) groups excluding carboxylic acids is 1. The number of likely N-dealkylation sites (N-methyl/N-ethyl adjacent to an activating group) is 2. The quantitative estimate of drug-likeness (QED) is 0.0802. The van der Waals surface area contributed by atoms with E-state index in [1.807, 2.05) is 44.5 Å². The van der Waals surface area contributed by atoms with E-state index in [4.69, 9.17) is 21.1 Å². The number of hydrogen-bond donors (Lipinski definition) is 1. The summed E-state index contributed by atoms with van der Waals surface area (Å²) in [6, 6.07) is 13.7. The van der Waals surface area contributed by atoms with Crippen molar-refractivity contribution in [1.29, 1.82) is 0 Å². The fraction of sp³-hybridized carbons (Fsp3) is 0.619. The smallest absolute Gasteiger partial charge is 0.150 e. The number of benzene rings is 2. The summed E-state index contributed by atoms with van der Waals surface area (Å²) in [4.78, 5) is 18.8. The minimum absolute atomic E-state index is 0.0481. The molecular weight excluding hydrogens is 676 g/mol. The fourth-order valence-electron chi connectivity index (χ4n) is 7.89. The molecule has 1 aliphatic heterocycles. The Balaban J connectivity index is 1.52. The zero-order valence-corrected chi connectivity index (χ0v) is 34.0. The number of piperazine rings is 1. The summed E-state index contributed by atoms with van der Waals surface area (Å²) in [7, 11) is 8.39. The molecule has 0 amide bonds. The molecule has 0 spiro atoms. The Morgan fingerprint density at radius 2 is 1.86 bits per heavy atom. The lowest BCUT2D eigenvalue weighted by Gasteiger charge is -2.51. The van der Waals surface area contributed by atoms with Gasteiger partial charge < -0.3 is 19.3 Å². The van der Waals surface area contributed by atoms with Gasteiger partial charge in [0.05, 0.1) is 6.61 Å². The number of halogens is 1. The number of ether oxygens (including phenoxy) is 2. The first-order valence-corrected chi connectivity index (χ1v) is 20.8. The SMILES string of the molecule is C=S(NC)C(C)C(C)C/C=C/C(CN1CCN(C)CC1)(OC)C1CCC1CN(C)CC(COc1ccc(C=O)cc1)c1ccc(Cl)cc1CCC. The van der Waals surface area contributed by atoms with E-state index in [0.29, 0.717) is 35.2 Å². The second kappa shape index (κ2) is 20.4. The molecule has 7 unspecified atom stereocenters. The first-order chi connectivity index (χ1) is 24.5. The lowest BCUT2D eigenvalue weighted by atomic mass is 9.64. The first kappa shape index (κ1) is 41.7. The van der Waals surface area contributed by atoms with Crippen LogP contribution in [-0.2, 0) is 11.2 Å². The van der Waals surface area contributed by atoms with Crippen LogP contribution in [0.15, 0.2) is 54.6 Å². The van der Waals surface area contributed by atoms with E-state index in [9.17, 15) is 4.79 Å². The van der Waals surface area contributed by atoms with Crippen LogP contribution in [0.3, 0.4) is 0 Å². The third-order valence-electron chi connectivity index (χ3n) is 11.5. The minimum atomic E-state index is -0.321. The Bertz CT molecular complexity index is 1420. The van der Waals surface area contributed by atoms with Gasteiger partial charge in [-0.15, -0.1) is 10.7 Å². The van der Waals surface area contributed by atoms with Gasteiger partial charge in [-0.2, -0.15) is 0 Å². The highest BCUT2D eigenvalue weighted by atomic mass is 35.5. The highest BCUT2D eigenvalue weighted by molar-refractivity contribution is 8.12. The molecule has 1 aliphatic carbocycles. The Hall–Kier alpha value is -2.04. The molecule has 2 aliphatic rings. The summed E-state index contributed by atoms with van der Waals surface area (Å²) < 4.78 is 16.4. The summed E-state index contributed by atoms with van der Waals surface area (Å²) in [5, 5.41) is 1.28. The van der Waals surface area contributed by atoms with E-state index in [2.05, 4.69) is 84.4 Å². The average Bonchev–Trinajstić information content (AvgIpc) is 3.12. The van der Waals surface area contributed by atoms with Gasteiger partial charge in [-0.3, -0.25) is 14.4 Å². The fourth-order valence-corrected chi connectivity index (χ4v) is 9.13. The van der Waals surface area contributed by atoms with Crippen LogP contribution in [0.25, 0.3) is 0 Å². The Labute approximate surface area is 317 Å². The summed E-state index contributed by atoms with van der Waals surface area (Å²) in [5.41, 5.74) is 2.93. The zero-order chi connectivity index (χ0) is 37.0. The molecular formula is C42H65ClN4O3S. The molecule has 1 heterocycles. The van der Waals surface area contributed by atoms with Gasteiger partial charge in [-0.1, -0.05) is 62.9 Å². The monoisotopic (exact) mass is 740 g/mol. The maximum Gasteiger partial charge on any atom is 0.150 e. The van der Waals surface area contributed by atoms with Gasteiger partial charge in [0.25, 0.3) is 0 Å². The van der Waals surface area contributed by atoms with E-state index in [1.54, 1.807) is 0 Å². The second-order valence-corrected chi connectivity index (χ2v) is 17.6. The van der Waals surface area contributed by atoms with Gasteiger partial charge in [0, 0.05) is 74.7 Å². The highest BCUT2D eigenvalue weighted by Gasteiger charge is 2.48. The number of allylic oxidation sites excluding steroid dienone is 1. The number of aryl methyl sites for hydroxylation is 1. The molecule has 2 aromatic rings. The topological polar surface area (TPSA) is 57.3 Å². The molecule has 2 aromatic carbocycles. The van der Waals surface area contributed by atoms with Gasteiger partial charge in [0.1, 0.15) is 17.6 Å². The zero-order valence-electron chi connectivity index (χ0n) is 32.4. The van der Waals surface area contributed by atoms with Crippen LogP contribution in [0.5, 0.6) is 5.75 Å². The van der Waals surface area contributed by atoms with E-state index in [-0.39, 0.29) is 22.2 Å². The molecule has 0 aromatic heterocycles. The molecule has 0 radical (unpaired) electrons. The number of methoxy groups -OCH3 is 1. The van der Waals surface area contributed by atoms with Gasteiger partial charge >= 0.3 is 0 Å². The first-order valence-electron chi connectivity index (χ1n) is 19.0. The van der Waals surface area contributed by atoms with Gasteiger partial charge in [0.15, 0.2) is 0 Å². The van der Waals surface area contributed by atoms with Crippen LogP contribution >= 0.6 is 22.3 Å². The van der Waals surface area contributed by atoms with Crippen molar-refractivity contribution < 1.29 is 14.3 Å². The van der Waals surface area contributed by atoms with Gasteiger partial charge in [-0.25, -0.2) is 0 Å². The highest BCUT2D eigenvalue weighted by Crippen LogP contribution is 2.45. The third-order valence-corrected chi connectivity index (χ3v) is 13.6. The van der Waals surface area contributed by atoms with Crippen molar-refractivity contribution in [3.05, 3.63) is 76.3 Å². The van der Waals surface area contributed by atoms with E-state index < -0.39 is 0 Å². The molecule has 9 heteroatoms. The molecule has 1 saturated carbocycles. The molecule has 4 rings (SSSR count). The Morgan fingerprint density at radius 1 is 1.14 bits per heavy atom. The van der Waals surface area contributed by atoms with E-state index >= 15 is 0 Å². The van der Waals surface area contributed by atoms with Crippen LogP contribution in [-0.4, -0.2) is 118 Å². The van der Waals surface area contributed by atoms with Crippen LogP contribution in [0.4, 0.5) is 0 Å².